The number of hydrogen-bond acceptors (Lipinski definition) is 15. The van der Waals surface area contributed by atoms with E-state index in [4.69, 9.17) is 35.5 Å². The third-order valence-electron chi connectivity index (χ3n) is 14.0. The zero-order valence-electron chi connectivity index (χ0n) is 44.0. The molecule has 3 N–H and O–H groups in total. The van der Waals surface area contributed by atoms with Crippen molar-refractivity contribution in [2.75, 3.05) is 59.3 Å². The number of fused-ring (bicyclic) bond motifs is 4. The van der Waals surface area contributed by atoms with E-state index in [1.54, 1.807) is 33.9 Å². The van der Waals surface area contributed by atoms with E-state index in [9.17, 15) is 24.3 Å². The maximum Gasteiger partial charge on any atom is 0.255 e. The number of benzene rings is 3. The van der Waals surface area contributed by atoms with Gasteiger partial charge in [-0.3, -0.25) is 28.7 Å². The number of nitrogens with one attached hydrogen (secondary N) is 2. The van der Waals surface area contributed by atoms with Crippen LogP contribution in [0.3, 0.4) is 0 Å². The molecule has 6 heterocycles. The number of halogens is 1. The fraction of sp³-hybridized carbons (Fsp3) is 0.429. The molecule has 3 aromatic heterocycles. The summed E-state index contributed by atoms with van der Waals surface area (Å²) in [7, 11) is 0. The second kappa shape index (κ2) is 24.9. The number of carbonyl (C=O) groups excluding carboxylic acids is 4. The maximum absolute atomic E-state index is 14.3. The Morgan fingerprint density at radius 3 is 2.31 bits per heavy atom. The molecular formula is C56H64ClN9O9S2. The van der Waals surface area contributed by atoms with Crippen molar-refractivity contribution in [3.63, 3.8) is 0 Å². The number of aromatic nitrogens is 4. The molecule has 3 aliphatic heterocycles. The third kappa shape index (κ3) is 12.5. The van der Waals surface area contributed by atoms with Crippen molar-refractivity contribution in [2.45, 2.75) is 91.7 Å². The van der Waals surface area contributed by atoms with Gasteiger partial charge in [-0.25, -0.2) is 4.98 Å². The Morgan fingerprint density at radius 1 is 0.883 bits per heavy atom. The molecule has 3 aromatic carbocycles. The van der Waals surface area contributed by atoms with Gasteiger partial charge in [0.25, 0.3) is 5.91 Å². The molecule has 4 atom stereocenters. The van der Waals surface area contributed by atoms with E-state index in [2.05, 4.69) is 39.7 Å². The molecule has 6 aromatic rings. The van der Waals surface area contributed by atoms with Crippen molar-refractivity contribution < 1.29 is 43.2 Å². The number of aliphatic hydroxyl groups excluding tert-OH is 1. The summed E-state index contributed by atoms with van der Waals surface area (Å²) in [6, 6.07) is 18.4. The van der Waals surface area contributed by atoms with Gasteiger partial charge in [-0.15, -0.1) is 32.9 Å². The first-order valence-electron chi connectivity index (χ1n) is 25.9. The first kappa shape index (κ1) is 55.4. The first-order valence-corrected chi connectivity index (χ1v) is 27.9. The Morgan fingerprint density at radius 2 is 1.60 bits per heavy atom. The average Bonchev–Trinajstić information content (AvgIpc) is 4.24. The molecule has 21 heteroatoms. The summed E-state index contributed by atoms with van der Waals surface area (Å²) in [5.41, 5.74) is 9.55. The second-order valence-corrected chi connectivity index (χ2v) is 22.1. The van der Waals surface area contributed by atoms with Crippen molar-refractivity contribution in [1.29, 1.82) is 0 Å². The van der Waals surface area contributed by atoms with Crippen LogP contribution in [0.1, 0.15) is 93.1 Å². The molecule has 1 unspecified atom stereocenters. The summed E-state index contributed by atoms with van der Waals surface area (Å²) in [6.07, 6.45) is -0.739. The molecule has 18 nitrogen and oxygen atoms in total. The van der Waals surface area contributed by atoms with Gasteiger partial charge in [-0.05, 0) is 74.6 Å². The number of amides is 4. The highest BCUT2D eigenvalue weighted by Gasteiger charge is 2.46. The smallest absolute Gasteiger partial charge is 0.255 e. The molecule has 0 radical (unpaired) electrons. The maximum atomic E-state index is 14.3. The van der Waals surface area contributed by atoms with Gasteiger partial charge in [0.1, 0.15) is 41.3 Å². The molecule has 0 spiro atoms. The van der Waals surface area contributed by atoms with Crippen LogP contribution in [0.15, 0.2) is 77.2 Å². The van der Waals surface area contributed by atoms with Crippen LogP contribution in [0, 0.1) is 33.6 Å². The first-order chi connectivity index (χ1) is 37.2. The molecule has 4 amide bonds. The molecule has 77 heavy (non-hydrogen) atoms. The standard InChI is InChI=1S/C56H64ClN9O9S2/c1-32(2)50(65-29-40-9-7-8-10-43(40)54(65)70)55(71)64-30-42(67)26-45(64)53(69)59-28-39-12-11-38(51-34(4)60-31-76-51)25-46(39)75-24-23-74-22-21-73-20-19-72-18-17-58-47(68)27-44-52-63-62-36(6)66(52)56-48(33(3)35(5)77-56)49(61-44)37-13-15-41(57)16-14-37/h7-16,25,31-32,42,44-45,50,67H,17-24,26-30H2,1-6H3,(H,58,68)(H,59,69)/t42-,44+,45+,50?/m1/s1. The van der Waals surface area contributed by atoms with Crippen LogP contribution in [0.2, 0.25) is 5.02 Å². The van der Waals surface area contributed by atoms with E-state index in [0.29, 0.717) is 73.8 Å². The van der Waals surface area contributed by atoms with Crippen molar-refractivity contribution in [3.05, 3.63) is 133 Å². The lowest BCUT2D eigenvalue weighted by Crippen LogP contribution is -2.55. The largest absolute Gasteiger partial charge is 0.491 e. The average molecular weight is 1110 g/mol. The van der Waals surface area contributed by atoms with Crippen molar-refractivity contribution in [3.8, 4) is 21.2 Å². The number of rotatable bonds is 23. The van der Waals surface area contributed by atoms with Gasteiger partial charge in [0.15, 0.2) is 5.82 Å². The van der Waals surface area contributed by atoms with Crippen LogP contribution in [0.4, 0.5) is 0 Å². The number of carbonyl (C=O) groups is 4. The summed E-state index contributed by atoms with van der Waals surface area (Å²) in [5.74, 6) is 0.478. The fourth-order valence-electron chi connectivity index (χ4n) is 10.0. The fourth-order valence-corrected chi connectivity index (χ4v) is 12.1. The number of aliphatic hydroxyl groups is 1. The van der Waals surface area contributed by atoms with Gasteiger partial charge in [0.2, 0.25) is 17.7 Å². The molecule has 1 saturated heterocycles. The van der Waals surface area contributed by atoms with Crippen molar-refractivity contribution in [2.24, 2.45) is 10.9 Å². The molecule has 9 rings (SSSR count). The molecule has 3 aliphatic rings. The highest BCUT2D eigenvalue weighted by Crippen LogP contribution is 2.40. The summed E-state index contributed by atoms with van der Waals surface area (Å²) < 4.78 is 25.6. The Kier molecular flexibility index (Phi) is 17.9. The molecule has 406 valence electrons. The van der Waals surface area contributed by atoms with Crippen LogP contribution in [-0.2, 0) is 41.7 Å². The lowest BCUT2D eigenvalue weighted by Gasteiger charge is -2.35. The molecule has 0 aliphatic carbocycles. The summed E-state index contributed by atoms with van der Waals surface area (Å²) >= 11 is 9.43. The SMILES string of the molecule is Cc1ncsc1-c1ccc(CNC(=O)[C@@H]2C[C@@H](O)CN2C(=O)C(C(C)C)N2Cc3ccccc3C2=O)c(OCCOCCOCCOCCNC(=O)C[C@@H]2N=C(c3ccc(Cl)cc3)c3c(sc(C)c3C)-n3c(C)nnc32)c1. The van der Waals surface area contributed by atoms with Gasteiger partial charge in [-0.1, -0.05) is 67.9 Å². The summed E-state index contributed by atoms with van der Waals surface area (Å²) in [4.78, 5) is 69.8. The predicted molar refractivity (Wildman–Crippen MR) is 294 cm³/mol. The summed E-state index contributed by atoms with van der Waals surface area (Å²) in [5, 5.41) is 27.2. The van der Waals surface area contributed by atoms with Crippen LogP contribution < -0.4 is 15.4 Å². The van der Waals surface area contributed by atoms with E-state index in [-0.39, 0.29) is 62.8 Å². The minimum atomic E-state index is -0.924. The van der Waals surface area contributed by atoms with E-state index in [1.807, 2.05) is 86.9 Å². The Bertz CT molecular complexity index is 3140. The number of thiazole rings is 1. The minimum Gasteiger partial charge on any atom is -0.491 e. The number of β-amino-alcohol motifs (C(OH)–C–C–N with tert-alkyl or cyclic N) is 1. The number of hydrogen-bond donors (Lipinski definition) is 3. The lowest BCUT2D eigenvalue weighted by molar-refractivity contribution is -0.143. The van der Waals surface area contributed by atoms with E-state index < -0.39 is 30.1 Å². The van der Waals surface area contributed by atoms with Gasteiger partial charge in [-0.2, -0.15) is 0 Å². The van der Waals surface area contributed by atoms with Gasteiger partial charge < -0.3 is 44.5 Å². The highest BCUT2D eigenvalue weighted by atomic mass is 35.5. The Balaban J connectivity index is 0.706. The Labute approximate surface area is 460 Å². The number of nitrogens with zero attached hydrogens (tertiary/aromatic N) is 7. The predicted octanol–water partition coefficient (Wildman–Crippen LogP) is 7.13. The van der Waals surface area contributed by atoms with Crippen LogP contribution in [0.25, 0.3) is 15.4 Å². The van der Waals surface area contributed by atoms with E-state index in [1.165, 1.54) is 21.1 Å². The normalized spacial score (nSPS) is 17.2. The monoisotopic (exact) mass is 1110 g/mol. The second-order valence-electron chi connectivity index (χ2n) is 19.6. The minimum absolute atomic E-state index is 0.0105. The number of likely N-dealkylation sites (tertiary alicyclic amines) is 1. The number of aryl methyl sites for hydroxylation is 3. The van der Waals surface area contributed by atoms with Crippen LogP contribution >= 0.6 is 34.3 Å². The van der Waals surface area contributed by atoms with E-state index >= 15 is 0 Å². The number of aliphatic imine (C=N–C) groups is 1. The quantitative estimate of drug-likeness (QED) is 0.0548. The van der Waals surface area contributed by atoms with Crippen LogP contribution in [0.5, 0.6) is 5.75 Å². The zero-order valence-corrected chi connectivity index (χ0v) is 46.4. The number of ether oxygens (including phenoxy) is 4. The molecule has 1 fully saturated rings. The lowest BCUT2D eigenvalue weighted by atomic mass is 9.99. The molecule has 0 bridgehead atoms. The highest BCUT2D eigenvalue weighted by molar-refractivity contribution is 7.15. The summed E-state index contributed by atoms with van der Waals surface area (Å²) in [6.45, 7) is 14.6. The van der Waals surface area contributed by atoms with Crippen molar-refractivity contribution in [1.82, 2.24) is 40.2 Å². The topological polar surface area (TPSA) is 212 Å². The van der Waals surface area contributed by atoms with Gasteiger partial charge >= 0.3 is 0 Å². The molecular weight excluding hydrogens is 1040 g/mol. The molecule has 0 saturated carbocycles. The number of thiophene rings is 1. The van der Waals surface area contributed by atoms with E-state index in [0.717, 1.165) is 54.9 Å². The van der Waals surface area contributed by atoms with Crippen LogP contribution in [-0.4, -0.2) is 142 Å². The zero-order chi connectivity index (χ0) is 54.3. The van der Waals surface area contributed by atoms with Gasteiger partial charge in [0.05, 0.1) is 74.0 Å². The Hall–Kier alpha value is -6.39. The van der Waals surface area contributed by atoms with Gasteiger partial charge in [0, 0.05) is 64.8 Å². The van der Waals surface area contributed by atoms with Crippen molar-refractivity contribution >= 4 is 63.6 Å². The third-order valence-corrected chi connectivity index (χ3v) is 16.4.